The van der Waals surface area contributed by atoms with Crippen molar-refractivity contribution >= 4 is 0 Å². The molecule has 4 aliphatic rings. The number of rotatable bonds is 2. The van der Waals surface area contributed by atoms with E-state index in [-0.39, 0.29) is 0 Å². The molecule has 18 heavy (non-hydrogen) atoms. The van der Waals surface area contributed by atoms with Crippen LogP contribution in [0.2, 0.25) is 0 Å². The van der Waals surface area contributed by atoms with E-state index in [0.29, 0.717) is 5.41 Å². The van der Waals surface area contributed by atoms with Gasteiger partial charge in [-0.15, -0.1) is 0 Å². The molecular weight excluding hydrogens is 216 g/mol. The Morgan fingerprint density at radius 3 is 1.72 bits per heavy atom. The van der Waals surface area contributed by atoms with Crippen LogP contribution >= 0.6 is 0 Å². The summed E-state index contributed by atoms with van der Waals surface area (Å²) in [5.74, 6) is 4.96. The molecule has 0 heterocycles. The molecule has 0 N–H and O–H groups in total. The van der Waals surface area contributed by atoms with Crippen molar-refractivity contribution in [3.05, 3.63) is 0 Å². The van der Waals surface area contributed by atoms with E-state index in [2.05, 4.69) is 48.5 Å². The first-order valence-corrected chi connectivity index (χ1v) is 8.20. The molecule has 0 radical (unpaired) electrons. The first-order valence-electron chi connectivity index (χ1n) is 8.20. The fourth-order valence-electron chi connectivity index (χ4n) is 7.39. The molecule has 0 saturated heterocycles. The molecular formula is C18H30. The molecule has 7 unspecified atom stereocenters. The van der Waals surface area contributed by atoms with Gasteiger partial charge in [0.1, 0.15) is 0 Å². The molecule has 0 amide bonds. The highest BCUT2D eigenvalue weighted by atomic mass is 15.0. The highest BCUT2D eigenvalue weighted by molar-refractivity contribution is 5.40. The molecule has 0 bridgehead atoms. The van der Waals surface area contributed by atoms with Crippen molar-refractivity contribution < 1.29 is 0 Å². The van der Waals surface area contributed by atoms with E-state index < -0.39 is 0 Å². The average Bonchev–Trinajstić information content (AvgIpc) is 3.20. The largest absolute Gasteiger partial charge is 0.0622 e. The molecule has 4 saturated carbocycles. The van der Waals surface area contributed by atoms with Gasteiger partial charge >= 0.3 is 0 Å². The summed E-state index contributed by atoms with van der Waals surface area (Å²) in [5, 5.41) is 0. The molecule has 0 nitrogen and oxygen atoms in total. The Kier molecular flexibility index (Phi) is 1.70. The summed E-state index contributed by atoms with van der Waals surface area (Å²) in [7, 11) is 0. The summed E-state index contributed by atoms with van der Waals surface area (Å²) < 4.78 is 0. The lowest BCUT2D eigenvalue weighted by Crippen LogP contribution is -2.12. The molecule has 4 aliphatic carbocycles. The Balaban J connectivity index is 1.61. The SMILES string of the molecule is CC(C)C1(C)CC12C(C)C2C1(C)CC12C(C)C2C. The van der Waals surface area contributed by atoms with E-state index in [1.54, 1.807) is 6.42 Å². The monoisotopic (exact) mass is 246 g/mol. The van der Waals surface area contributed by atoms with Crippen molar-refractivity contribution in [2.75, 3.05) is 0 Å². The van der Waals surface area contributed by atoms with Crippen LogP contribution in [0.5, 0.6) is 0 Å². The lowest BCUT2D eigenvalue weighted by molar-refractivity contribution is 0.298. The molecule has 102 valence electrons. The highest BCUT2D eigenvalue weighted by Crippen LogP contribution is 2.98. The van der Waals surface area contributed by atoms with Gasteiger partial charge in [-0.2, -0.15) is 0 Å². The van der Waals surface area contributed by atoms with Crippen LogP contribution in [0.1, 0.15) is 61.3 Å². The van der Waals surface area contributed by atoms with Crippen molar-refractivity contribution in [3.8, 4) is 0 Å². The zero-order valence-electron chi connectivity index (χ0n) is 13.3. The minimum atomic E-state index is 0.672. The quantitative estimate of drug-likeness (QED) is 0.644. The van der Waals surface area contributed by atoms with E-state index in [4.69, 9.17) is 0 Å². The molecule has 0 aromatic carbocycles. The summed E-state index contributed by atoms with van der Waals surface area (Å²) in [6, 6.07) is 0. The molecule has 7 atom stereocenters. The Morgan fingerprint density at radius 2 is 1.39 bits per heavy atom. The summed E-state index contributed by atoms with van der Waals surface area (Å²) in [6.07, 6.45) is 3.07. The van der Waals surface area contributed by atoms with Crippen LogP contribution in [-0.2, 0) is 0 Å². The summed E-state index contributed by atoms with van der Waals surface area (Å²) in [4.78, 5) is 0. The van der Waals surface area contributed by atoms with Crippen LogP contribution in [-0.4, -0.2) is 0 Å². The first-order chi connectivity index (χ1) is 8.20. The Bertz CT molecular complexity index is 406. The number of hydrogen-bond acceptors (Lipinski definition) is 0. The maximum atomic E-state index is 2.64. The highest BCUT2D eigenvalue weighted by Gasteiger charge is 2.93. The third-order valence-electron chi connectivity index (χ3n) is 9.18. The van der Waals surface area contributed by atoms with E-state index in [9.17, 15) is 0 Å². The van der Waals surface area contributed by atoms with Gasteiger partial charge in [-0.25, -0.2) is 0 Å². The minimum Gasteiger partial charge on any atom is -0.0622 e. The second-order valence-corrected chi connectivity index (χ2v) is 9.27. The van der Waals surface area contributed by atoms with Crippen molar-refractivity contribution in [3.63, 3.8) is 0 Å². The van der Waals surface area contributed by atoms with E-state index in [1.807, 2.05) is 0 Å². The minimum absolute atomic E-state index is 0.672. The first kappa shape index (κ1) is 11.8. The lowest BCUT2D eigenvalue weighted by atomic mass is 9.86. The lowest BCUT2D eigenvalue weighted by Gasteiger charge is -2.18. The normalized spacial score (nSPS) is 72.0. The van der Waals surface area contributed by atoms with Gasteiger partial charge in [-0.05, 0) is 64.1 Å². The van der Waals surface area contributed by atoms with E-state index in [1.165, 1.54) is 6.42 Å². The van der Waals surface area contributed by atoms with Gasteiger partial charge in [0, 0.05) is 0 Å². The fourth-order valence-corrected chi connectivity index (χ4v) is 7.39. The molecule has 0 heteroatoms. The predicted molar refractivity (Wildman–Crippen MR) is 76.1 cm³/mol. The second kappa shape index (κ2) is 2.59. The second-order valence-electron chi connectivity index (χ2n) is 9.27. The maximum Gasteiger partial charge on any atom is -0.0170 e. The van der Waals surface area contributed by atoms with Crippen LogP contribution in [0.3, 0.4) is 0 Å². The third kappa shape index (κ3) is 0.826. The van der Waals surface area contributed by atoms with Crippen molar-refractivity contribution in [2.24, 2.45) is 51.2 Å². The van der Waals surface area contributed by atoms with E-state index in [0.717, 1.165) is 45.8 Å². The van der Waals surface area contributed by atoms with Gasteiger partial charge in [0.25, 0.3) is 0 Å². The van der Waals surface area contributed by atoms with E-state index >= 15 is 0 Å². The van der Waals surface area contributed by atoms with Gasteiger partial charge in [0.2, 0.25) is 0 Å². The van der Waals surface area contributed by atoms with Crippen LogP contribution in [0.25, 0.3) is 0 Å². The Hall–Kier alpha value is 0. The van der Waals surface area contributed by atoms with Crippen LogP contribution in [0.15, 0.2) is 0 Å². The maximum absolute atomic E-state index is 2.64. The zero-order chi connectivity index (χ0) is 13.3. The van der Waals surface area contributed by atoms with Gasteiger partial charge in [0.05, 0.1) is 0 Å². The molecule has 0 aliphatic heterocycles. The summed E-state index contributed by atoms with van der Waals surface area (Å²) >= 11 is 0. The molecule has 2 spiro atoms. The fraction of sp³-hybridized carbons (Fsp3) is 1.00. The average molecular weight is 246 g/mol. The van der Waals surface area contributed by atoms with Gasteiger partial charge in [-0.3, -0.25) is 0 Å². The molecule has 0 aromatic heterocycles. The summed E-state index contributed by atoms with van der Waals surface area (Å²) in [6.45, 7) is 17.7. The van der Waals surface area contributed by atoms with Crippen molar-refractivity contribution in [2.45, 2.75) is 61.3 Å². The third-order valence-corrected chi connectivity index (χ3v) is 9.18. The zero-order valence-corrected chi connectivity index (χ0v) is 13.3. The van der Waals surface area contributed by atoms with Crippen LogP contribution < -0.4 is 0 Å². The van der Waals surface area contributed by atoms with Crippen molar-refractivity contribution in [1.82, 2.24) is 0 Å². The Morgan fingerprint density at radius 1 is 0.833 bits per heavy atom. The molecule has 4 fully saturated rings. The van der Waals surface area contributed by atoms with Gasteiger partial charge < -0.3 is 0 Å². The number of hydrogen-bond donors (Lipinski definition) is 0. The topological polar surface area (TPSA) is 0 Å². The molecule has 4 rings (SSSR count). The smallest absolute Gasteiger partial charge is 0.0170 e. The van der Waals surface area contributed by atoms with Crippen LogP contribution in [0.4, 0.5) is 0 Å². The summed E-state index contributed by atoms with van der Waals surface area (Å²) in [5.41, 5.74) is 2.94. The van der Waals surface area contributed by atoms with Gasteiger partial charge in [-0.1, -0.05) is 48.5 Å². The standard InChI is InChI=1S/C18H30/c1-10(2)15(6)8-18(15)13(5)14(18)16(7)9-17(16)11(3)12(17)4/h10-14H,8-9H2,1-7H3. The Labute approximate surface area is 113 Å². The van der Waals surface area contributed by atoms with Crippen molar-refractivity contribution in [1.29, 1.82) is 0 Å². The predicted octanol–water partition coefficient (Wildman–Crippen LogP) is 4.99. The van der Waals surface area contributed by atoms with Crippen LogP contribution in [0, 0.1) is 51.2 Å². The molecule has 0 aromatic rings. The van der Waals surface area contributed by atoms with Gasteiger partial charge in [0.15, 0.2) is 0 Å².